The lowest BCUT2D eigenvalue weighted by molar-refractivity contribution is -0.123. The first-order valence-corrected chi connectivity index (χ1v) is 8.07. The minimum Gasteiger partial charge on any atom is -0.452 e. The minimum atomic E-state index is -1.36. The molecule has 0 aliphatic rings. The fourth-order valence-electron chi connectivity index (χ4n) is 1.56. The molecule has 0 aliphatic heterocycles. The van der Waals surface area contributed by atoms with Crippen LogP contribution in [-0.4, -0.2) is 41.0 Å². The summed E-state index contributed by atoms with van der Waals surface area (Å²) in [5, 5.41) is 4.49. The van der Waals surface area contributed by atoms with Crippen molar-refractivity contribution in [2.75, 3.05) is 12.9 Å². The van der Waals surface area contributed by atoms with Crippen molar-refractivity contribution in [3.8, 4) is 0 Å². The molecule has 0 fully saturated rings. The van der Waals surface area contributed by atoms with E-state index in [1.54, 1.807) is 32.0 Å². The van der Waals surface area contributed by atoms with Crippen LogP contribution in [0.25, 0.3) is 0 Å². The van der Waals surface area contributed by atoms with Crippen LogP contribution in [0, 0.1) is 0 Å². The summed E-state index contributed by atoms with van der Waals surface area (Å²) in [6.07, 6.45) is 1.44. The first-order valence-electron chi connectivity index (χ1n) is 6.51. The molecule has 0 unspecified atom stereocenters. The molecule has 1 aromatic rings. The highest BCUT2D eigenvalue weighted by Crippen LogP contribution is 2.13. The average Bonchev–Trinajstić information content (AvgIpc) is 2.43. The number of rotatable bonds is 5. The quantitative estimate of drug-likeness (QED) is 0.780. The Morgan fingerprint density at radius 1 is 1.23 bits per heavy atom. The third-order valence-electron chi connectivity index (χ3n) is 2.42. The van der Waals surface area contributed by atoms with Gasteiger partial charge in [-0.2, -0.15) is 0 Å². The average molecular weight is 326 g/mol. The number of urea groups is 1. The van der Waals surface area contributed by atoms with Crippen LogP contribution in [0.15, 0.2) is 29.2 Å². The second kappa shape index (κ2) is 8.28. The zero-order chi connectivity index (χ0) is 16.7. The number of esters is 1. The zero-order valence-corrected chi connectivity index (χ0v) is 13.4. The van der Waals surface area contributed by atoms with E-state index in [2.05, 4.69) is 5.32 Å². The van der Waals surface area contributed by atoms with Crippen molar-refractivity contribution in [1.82, 2.24) is 10.6 Å². The molecule has 3 amide bonds. The van der Waals surface area contributed by atoms with Crippen LogP contribution in [0.5, 0.6) is 0 Å². The van der Waals surface area contributed by atoms with Crippen molar-refractivity contribution in [2.24, 2.45) is 0 Å². The standard InChI is InChI=1S/C14H18N2O5S/c1-9(2)15-14(19)16-12(17)8-21-13(18)10-6-4-5-7-11(10)22(3)20/h4-7,9H,8H2,1-3H3,(H2,15,16,17,19)/t22-/m1/s1. The van der Waals surface area contributed by atoms with Crippen LogP contribution in [0.4, 0.5) is 4.79 Å². The van der Waals surface area contributed by atoms with E-state index in [0.29, 0.717) is 4.90 Å². The van der Waals surface area contributed by atoms with E-state index in [4.69, 9.17) is 4.74 Å². The zero-order valence-electron chi connectivity index (χ0n) is 12.5. The smallest absolute Gasteiger partial charge is 0.339 e. The topological polar surface area (TPSA) is 102 Å². The van der Waals surface area contributed by atoms with Gasteiger partial charge in [0.1, 0.15) is 0 Å². The number of carbonyl (C=O) groups excluding carboxylic acids is 3. The number of benzene rings is 1. The Morgan fingerprint density at radius 2 is 1.86 bits per heavy atom. The number of carbonyl (C=O) groups is 3. The van der Waals surface area contributed by atoms with E-state index in [9.17, 15) is 18.6 Å². The van der Waals surface area contributed by atoms with E-state index in [-0.39, 0.29) is 11.6 Å². The van der Waals surface area contributed by atoms with Crippen molar-refractivity contribution < 1.29 is 23.3 Å². The predicted octanol–water partition coefficient (Wildman–Crippen LogP) is 0.815. The van der Waals surface area contributed by atoms with E-state index in [0.717, 1.165) is 0 Å². The van der Waals surface area contributed by atoms with Crippen molar-refractivity contribution in [3.05, 3.63) is 29.8 Å². The molecule has 0 heterocycles. The van der Waals surface area contributed by atoms with Crippen LogP contribution < -0.4 is 10.6 Å². The molecule has 0 saturated heterocycles. The van der Waals surface area contributed by atoms with Gasteiger partial charge in [-0.05, 0) is 26.0 Å². The van der Waals surface area contributed by atoms with Crippen molar-refractivity contribution in [3.63, 3.8) is 0 Å². The summed E-state index contributed by atoms with van der Waals surface area (Å²) in [6, 6.07) is 5.47. The molecule has 1 aromatic carbocycles. The van der Waals surface area contributed by atoms with Gasteiger partial charge in [-0.1, -0.05) is 12.1 Å². The maximum atomic E-state index is 11.9. The van der Waals surface area contributed by atoms with E-state index < -0.39 is 35.3 Å². The highest BCUT2D eigenvalue weighted by atomic mass is 32.2. The molecular weight excluding hydrogens is 308 g/mol. The van der Waals surface area contributed by atoms with Gasteiger partial charge in [0.2, 0.25) is 0 Å². The maximum Gasteiger partial charge on any atom is 0.339 e. The minimum absolute atomic E-state index is 0.123. The van der Waals surface area contributed by atoms with Crippen LogP contribution in [0.1, 0.15) is 24.2 Å². The van der Waals surface area contributed by atoms with Crippen molar-refractivity contribution >= 4 is 28.7 Å². The van der Waals surface area contributed by atoms with Gasteiger partial charge in [0, 0.05) is 12.3 Å². The van der Waals surface area contributed by atoms with Crippen LogP contribution in [0.2, 0.25) is 0 Å². The van der Waals surface area contributed by atoms with E-state index in [1.165, 1.54) is 12.3 Å². The highest BCUT2D eigenvalue weighted by Gasteiger charge is 2.17. The van der Waals surface area contributed by atoms with Gasteiger partial charge in [-0.3, -0.25) is 14.3 Å². The van der Waals surface area contributed by atoms with Gasteiger partial charge in [0.25, 0.3) is 5.91 Å². The van der Waals surface area contributed by atoms with E-state index >= 15 is 0 Å². The number of hydrogen-bond donors (Lipinski definition) is 2. The predicted molar refractivity (Wildman–Crippen MR) is 80.9 cm³/mol. The molecule has 0 spiro atoms. The van der Waals surface area contributed by atoms with Gasteiger partial charge in [-0.15, -0.1) is 0 Å². The summed E-state index contributed by atoms with van der Waals surface area (Å²) in [5.41, 5.74) is 0.128. The molecule has 120 valence electrons. The fraction of sp³-hybridized carbons (Fsp3) is 0.357. The summed E-state index contributed by atoms with van der Waals surface area (Å²) in [7, 11) is -1.36. The van der Waals surface area contributed by atoms with Gasteiger partial charge in [0.05, 0.1) is 21.3 Å². The summed E-state index contributed by atoms with van der Waals surface area (Å²) in [6.45, 7) is 2.88. The Balaban J connectivity index is 2.58. The van der Waals surface area contributed by atoms with E-state index in [1.807, 2.05) is 5.32 Å². The lowest BCUT2D eigenvalue weighted by atomic mass is 10.2. The molecule has 0 bridgehead atoms. The number of amides is 3. The lowest BCUT2D eigenvalue weighted by Crippen LogP contribution is -2.44. The molecule has 0 saturated carbocycles. The lowest BCUT2D eigenvalue weighted by Gasteiger charge is -2.10. The molecule has 0 aliphatic carbocycles. The number of nitrogens with one attached hydrogen (secondary N) is 2. The normalized spacial score (nSPS) is 11.6. The Bertz CT molecular complexity index is 601. The van der Waals surface area contributed by atoms with Crippen LogP contribution in [0.3, 0.4) is 0 Å². The van der Waals surface area contributed by atoms with Crippen molar-refractivity contribution in [1.29, 1.82) is 0 Å². The molecule has 8 heteroatoms. The largest absolute Gasteiger partial charge is 0.452 e. The summed E-state index contributed by atoms with van der Waals surface area (Å²) < 4.78 is 16.3. The molecule has 1 rings (SSSR count). The second-order valence-electron chi connectivity index (χ2n) is 4.70. The van der Waals surface area contributed by atoms with Crippen LogP contribution >= 0.6 is 0 Å². The molecule has 2 N–H and O–H groups in total. The summed E-state index contributed by atoms with van der Waals surface area (Å²) >= 11 is 0. The first kappa shape index (κ1) is 17.8. The molecule has 7 nitrogen and oxygen atoms in total. The third-order valence-corrected chi connectivity index (χ3v) is 3.40. The van der Waals surface area contributed by atoms with Crippen molar-refractivity contribution in [2.45, 2.75) is 24.8 Å². The number of ether oxygens (including phenoxy) is 1. The Morgan fingerprint density at radius 3 is 2.45 bits per heavy atom. The monoisotopic (exact) mass is 326 g/mol. The Labute approximate surface area is 130 Å². The fourth-order valence-corrected chi connectivity index (χ4v) is 2.29. The van der Waals surface area contributed by atoms with Gasteiger partial charge >= 0.3 is 12.0 Å². The Kier molecular flexibility index (Phi) is 6.71. The molecule has 0 radical (unpaired) electrons. The number of imide groups is 1. The molecular formula is C14H18N2O5S. The van der Waals surface area contributed by atoms with Crippen LogP contribution in [-0.2, 0) is 20.3 Å². The SMILES string of the molecule is CC(C)NC(=O)NC(=O)COC(=O)c1ccccc1[S@@](C)=O. The van der Waals surface area contributed by atoms with Gasteiger partial charge in [-0.25, -0.2) is 9.59 Å². The van der Waals surface area contributed by atoms with Gasteiger partial charge in [0.15, 0.2) is 6.61 Å². The molecule has 1 atom stereocenters. The first-order chi connectivity index (χ1) is 10.3. The molecule has 22 heavy (non-hydrogen) atoms. The number of hydrogen-bond acceptors (Lipinski definition) is 5. The molecule has 0 aromatic heterocycles. The second-order valence-corrected chi connectivity index (χ2v) is 6.05. The summed E-state index contributed by atoms with van der Waals surface area (Å²) in [5.74, 6) is -1.52. The Hall–Kier alpha value is -2.22. The van der Waals surface area contributed by atoms with Gasteiger partial charge < -0.3 is 10.1 Å². The summed E-state index contributed by atoms with van der Waals surface area (Å²) in [4.78, 5) is 35.0. The maximum absolute atomic E-state index is 11.9. The highest BCUT2D eigenvalue weighted by molar-refractivity contribution is 7.84. The third kappa shape index (κ3) is 5.65.